The Hall–Kier alpha value is -9.33. The minimum atomic E-state index is -2.21. The van der Waals surface area contributed by atoms with Gasteiger partial charge in [-0.05, 0) is 155 Å². The van der Waals surface area contributed by atoms with Gasteiger partial charge in [0.1, 0.15) is 0 Å². The Morgan fingerprint density at radius 2 is 0.687 bits per heavy atom. The summed E-state index contributed by atoms with van der Waals surface area (Å²) in [7, 11) is -4.42. The number of anilines is 6. The molecule has 0 saturated carbocycles. The van der Waals surface area contributed by atoms with E-state index >= 15 is 0 Å². The number of hydrogen-bond donors (Lipinski definition) is 0. The van der Waals surface area contributed by atoms with Crippen molar-refractivity contribution in [3.05, 3.63) is 302 Å². The second-order valence-corrected chi connectivity index (χ2v) is 35.5. The van der Waals surface area contributed by atoms with E-state index in [0.29, 0.717) is 0 Å². The van der Waals surface area contributed by atoms with Crippen LogP contribution < -0.4 is 9.80 Å². The lowest BCUT2D eigenvalue weighted by atomic mass is 9.90. The molecule has 2 nitrogen and oxygen atoms in total. The summed E-state index contributed by atoms with van der Waals surface area (Å²) >= 11 is 0. The van der Waals surface area contributed by atoms with E-state index in [1.54, 1.807) is 5.56 Å². The minimum Gasteiger partial charge on any atom is -0.310 e. The van der Waals surface area contributed by atoms with Gasteiger partial charge >= 0.3 is 0 Å². The Bertz CT molecular complexity index is 4540. The average Bonchev–Trinajstić information content (AvgIpc) is 1.65. The summed E-state index contributed by atoms with van der Waals surface area (Å²) in [5.41, 5.74) is 22.1. The van der Waals surface area contributed by atoms with Crippen molar-refractivity contribution in [2.75, 3.05) is 9.80 Å². The van der Waals surface area contributed by atoms with Gasteiger partial charge in [-0.25, -0.2) is 0 Å². The van der Waals surface area contributed by atoms with E-state index < -0.39 is 16.1 Å². The highest BCUT2D eigenvalue weighted by Crippen LogP contribution is 2.63. The zero-order chi connectivity index (χ0) is 56.5. The monoisotopic (exact) mass is 1100 g/mol. The molecule has 83 heavy (non-hydrogen) atoms. The van der Waals surface area contributed by atoms with Gasteiger partial charge in [0, 0.05) is 38.5 Å². The zero-order valence-electron chi connectivity index (χ0n) is 48.1. The molecule has 0 bridgehead atoms. The van der Waals surface area contributed by atoms with Gasteiger partial charge in [0.2, 0.25) is 0 Å². The van der Waals surface area contributed by atoms with Gasteiger partial charge in [0.05, 0.1) is 27.5 Å². The smallest absolute Gasteiger partial charge is 0.0579 e. The molecule has 4 heteroatoms. The highest BCUT2D eigenvalue weighted by Gasteiger charge is 2.60. The predicted octanol–water partition coefficient (Wildman–Crippen LogP) is 22.8. The molecule has 0 unspecified atom stereocenters. The molecule has 0 aliphatic heterocycles. The molecule has 0 heterocycles. The molecule has 0 fully saturated rings. The van der Waals surface area contributed by atoms with E-state index in [9.17, 15) is 0 Å². The summed E-state index contributed by atoms with van der Waals surface area (Å²) in [6, 6.07) is 108. The van der Waals surface area contributed by atoms with Gasteiger partial charge in [-0.3, -0.25) is 0 Å². The topological polar surface area (TPSA) is 6.48 Å². The lowest BCUT2D eigenvalue weighted by Crippen LogP contribution is -2.63. The van der Waals surface area contributed by atoms with E-state index in [1.165, 1.54) is 93.5 Å². The first-order chi connectivity index (χ1) is 40.5. The Morgan fingerprint density at radius 1 is 0.265 bits per heavy atom. The van der Waals surface area contributed by atoms with E-state index in [0.717, 1.165) is 34.1 Å². The largest absolute Gasteiger partial charge is 0.310 e. The van der Waals surface area contributed by atoms with Crippen LogP contribution in [-0.4, -0.2) is 16.1 Å². The second-order valence-electron chi connectivity index (χ2n) is 24.5. The molecule has 0 saturated heterocycles. The van der Waals surface area contributed by atoms with Crippen molar-refractivity contribution in [2.24, 2.45) is 0 Å². The van der Waals surface area contributed by atoms with E-state index in [2.05, 4.69) is 340 Å². The first-order valence-electron chi connectivity index (χ1n) is 29.2. The van der Waals surface area contributed by atoms with Crippen molar-refractivity contribution < 1.29 is 0 Å². The number of nitrogens with zero attached hydrogens (tertiary/aromatic N) is 2. The van der Waals surface area contributed by atoms with Gasteiger partial charge in [-0.2, -0.15) is 0 Å². The summed E-state index contributed by atoms with van der Waals surface area (Å²) < 4.78 is -0.161. The number of hydrogen-bond acceptors (Lipinski definition) is 2. The maximum Gasteiger partial charge on any atom is 0.0579 e. The highest BCUT2D eigenvalue weighted by molar-refractivity contribution is 7.00. The molecule has 1 aliphatic carbocycles. The molecular formula is C79H66N2Si2. The molecule has 400 valence electrons. The Kier molecular flexibility index (Phi) is 12.8. The van der Waals surface area contributed by atoms with Crippen molar-refractivity contribution in [3.63, 3.8) is 0 Å². The summed E-state index contributed by atoms with van der Waals surface area (Å²) in [4.78, 5) is 4.98. The van der Waals surface area contributed by atoms with E-state index in [1.807, 2.05) is 0 Å². The fourth-order valence-electron chi connectivity index (χ4n) is 14.5. The van der Waals surface area contributed by atoms with Crippen LogP contribution in [0, 0.1) is 0 Å². The van der Waals surface area contributed by atoms with Crippen LogP contribution in [-0.2, 0) is 4.66 Å². The summed E-state index contributed by atoms with van der Waals surface area (Å²) in [6.45, 7) is 15.9. The zero-order valence-corrected chi connectivity index (χ0v) is 50.1. The van der Waals surface area contributed by atoms with Crippen LogP contribution in [0.15, 0.2) is 291 Å². The molecule has 0 N–H and O–H groups in total. The third kappa shape index (κ3) is 8.75. The minimum absolute atomic E-state index is 0.161. The standard InChI is InChI=1S/C79H66N2Si2/c1-82(2,3)79(83(4,5)6)74-51-62-49-65(80(63-35-21-11-22-36-63)75-52-60(55-27-13-7-14-28-55)42-46-67(75)57-31-17-9-18-32-57)44-41-59(62)50-73(74)77-70-40-26-25-39-69(70)72-54-66(45-48-71(72)78(77)79)81(64-37-23-12-24-38-64)76-53-61(56-29-15-8-16-30-56)43-47-68(76)58-33-19-10-20-34-58/h7-54H,1-6H3. The maximum atomic E-state index is 2.66. The second kappa shape index (κ2) is 20.6. The van der Waals surface area contributed by atoms with Crippen LogP contribution in [0.5, 0.6) is 0 Å². The first kappa shape index (κ1) is 51.8. The van der Waals surface area contributed by atoms with Crippen LogP contribution in [0.25, 0.3) is 88.0 Å². The molecule has 14 rings (SSSR count). The molecule has 13 aromatic rings. The van der Waals surface area contributed by atoms with Crippen LogP contribution >= 0.6 is 0 Å². The van der Waals surface area contributed by atoms with Gasteiger partial charge in [0.25, 0.3) is 0 Å². The lowest BCUT2D eigenvalue weighted by Gasteiger charge is -2.51. The van der Waals surface area contributed by atoms with Gasteiger partial charge in [0.15, 0.2) is 0 Å². The SMILES string of the molecule is C[Si](C)(C)C1([Si](C)(C)C)c2cc3cc(N(c4ccccc4)c4cc(-c5ccccc5)ccc4-c4ccccc4)ccc3cc2-c2c1c1ccc(N(c3ccccc3)c3cc(-c4ccccc4)ccc3-c3ccccc3)cc1c1ccccc21. The van der Waals surface area contributed by atoms with Crippen molar-refractivity contribution in [3.8, 4) is 55.6 Å². The average molecular weight is 1100 g/mol. The summed E-state index contributed by atoms with van der Waals surface area (Å²) in [5, 5.41) is 7.78. The van der Waals surface area contributed by atoms with Crippen LogP contribution in [0.1, 0.15) is 11.1 Å². The molecular weight excluding hydrogens is 1030 g/mol. The fourth-order valence-corrected chi connectivity index (χ4v) is 27.6. The highest BCUT2D eigenvalue weighted by atomic mass is 28.4. The molecule has 1 aliphatic rings. The number of rotatable bonds is 12. The number of fused-ring (bicyclic) bond motifs is 9. The van der Waals surface area contributed by atoms with Gasteiger partial charge in [-0.1, -0.05) is 264 Å². The van der Waals surface area contributed by atoms with E-state index in [-0.39, 0.29) is 4.66 Å². The quantitative estimate of drug-likeness (QED) is 0.0889. The van der Waals surface area contributed by atoms with Crippen molar-refractivity contribution >= 4 is 82.6 Å². The normalized spacial score (nSPS) is 12.8. The van der Waals surface area contributed by atoms with Crippen LogP contribution in [0.3, 0.4) is 0 Å². The van der Waals surface area contributed by atoms with Crippen LogP contribution in [0.2, 0.25) is 39.3 Å². The maximum absolute atomic E-state index is 2.66. The molecule has 0 atom stereocenters. The molecule has 13 aromatic carbocycles. The predicted molar refractivity (Wildman–Crippen MR) is 363 cm³/mol. The number of benzene rings is 13. The molecule has 0 amide bonds. The van der Waals surface area contributed by atoms with Gasteiger partial charge in [-0.15, -0.1) is 0 Å². The summed E-state index contributed by atoms with van der Waals surface area (Å²) in [5.74, 6) is 0. The van der Waals surface area contributed by atoms with Gasteiger partial charge < -0.3 is 9.80 Å². The number of para-hydroxylation sites is 2. The van der Waals surface area contributed by atoms with Crippen molar-refractivity contribution in [1.29, 1.82) is 0 Å². The van der Waals surface area contributed by atoms with Crippen molar-refractivity contribution in [2.45, 2.75) is 43.9 Å². The first-order valence-corrected chi connectivity index (χ1v) is 36.2. The third-order valence-electron chi connectivity index (χ3n) is 17.7. The Morgan fingerprint density at radius 3 is 1.17 bits per heavy atom. The fraction of sp³-hybridized carbons (Fsp3) is 0.0886. The summed E-state index contributed by atoms with van der Waals surface area (Å²) in [6.07, 6.45) is 0. The lowest BCUT2D eigenvalue weighted by molar-refractivity contribution is 0.965. The van der Waals surface area contributed by atoms with Crippen molar-refractivity contribution in [1.82, 2.24) is 0 Å². The third-order valence-corrected chi connectivity index (χ3v) is 27.7. The van der Waals surface area contributed by atoms with E-state index in [4.69, 9.17) is 0 Å². The Balaban J connectivity index is 1.00. The van der Waals surface area contributed by atoms with Crippen LogP contribution in [0.4, 0.5) is 34.1 Å². The molecule has 0 aromatic heterocycles. The molecule has 0 spiro atoms. The Labute approximate surface area is 491 Å². The molecule has 0 radical (unpaired) electrons.